The molecule has 5 rings (SSSR count). The fraction of sp³-hybridized carbons (Fsp3) is 0.0909. The summed E-state index contributed by atoms with van der Waals surface area (Å²) < 4.78 is 0. The van der Waals surface area contributed by atoms with Crippen molar-refractivity contribution in [1.29, 1.82) is 0 Å². The Morgan fingerprint density at radius 3 is 1.85 bits per heavy atom. The van der Waals surface area contributed by atoms with Crippen LogP contribution in [0, 0.1) is 0 Å². The maximum absolute atomic E-state index is 2.41. The van der Waals surface area contributed by atoms with E-state index in [0.717, 1.165) is 0 Å². The molecule has 160 valence electrons. The van der Waals surface area contributed by atoms with E-state index in [2.05, 4.69) is 140 Å². The summed E-state index contributed by atoms with van der Waals surface area (Å²) in [6.07, 6.45) is 10.6. The predicted octanol–water partition coefficient (Wildman–Crippen LogP) is 8.59. The van der Waals surface area contributed by atoms with Crippen LogP contribution < -0.4 is 0 Å². The number of allylic oxidation sites excluding steroid dienone is 6. The summed E-state index contributed by atoms with van der Waals surface area (Å²) in [7, 11) is 0. The highest BCUT2D eigenvalue weighted by atomic mass is 14.5. The van der Waals surface area contributed by atoms with Crippen molar-refractivity contribution in [2.24, 2.45) is 0 Å². The Bertz CT molecular complexity index is 1310. The average molecular weight is 425 g/mol. The second-order valence-electron chi connectivity index (χ2n) is 8.42. The average Bonchev–Trinajstić information content (AvgIpc) is 3.18. The summed E-state index contributed by atoms with van der Waals surface area (Å²) in [6.45, 7) is 4.15. The number of hydrogen-bond donors (Lipinski definition) is 0. The lowest BCUT2D eigenvalue weighted by Crippen LogP contribution is -2.28. The molecule has 0 aliphatic heterocycles. The minimum absolute atomic E-state index is 0.351. The summed E-state index contributed by atoms with van der Waals surface area (Å²) in [6, 6.07) is 37.8. The zero-order valence-electron chi connectivity index (χ0n) is 19.2. The second kappa shape index (κ2) is 8.92. The fourth-order valence-corrected chi connectivity index (χ4v) is 5.25. The van der Waals surface area contributed by atoms with Crippen molar-refractivity contribution < 1.29 is 0 Å². The van der Waals surface area contributed by atoms with Crippen molar-refractivity contribution in [3.63, 3.8) is 0 Å². The first-order valence-electron chi connectivity index (χ1n) is 11.6. The predicted molar refractivity (Wildman–Crippen MR) is 141 cm³/mol. The number of benzene rings is 4. The molecule has 4 aromatic carbocycles. The van der Waals surface area contributed by atoms with Gasteiger partial charge in [0.25, 0.3) is 0 Å². The number of rotatable bonds is 5. The van der Waals surface area contributed by atoms with Gasteiger partial charge in [-0.3, -0.25) is 0 Å². The van der Waals surface area contributed by atoms with Gasteiger partial charge in [0.15, 0.2) is 0 Å². The van der Waals surface area contributed by atoms with Crippen LogP contribution in [-0.2, 0) is 5.41 Å². The van der Waals surface area contributed by atoms with Gasteiger partial charge in [-0.05, 0) is 64.4 Å². The van der Waals surface area contributed by atoms with Gasteiger partial charge in [-0.15, -0.1) is 0 Å². The largest absolute Gasteiger partial charge is 0.0877 e. The van der Waals surface area contributed by atoms with E-state index in [1.165, 1.54) is 44.5 Å². The van der Waals surface area contributed by atoms with Crippen LogP contribution >= 0.6 is 0 Å². The van der Waals surface area contributed by atoms with Gasteiger partial charge in [0, 0.05) is 0 Å². The lowest BCUT2D eigenvalue weighted by atomic mass is 9.67. The zero-order chi connectivity index (χ0) is 22.7. The molecule has 0 fully saturated rings. The third kappa shape index (κ3) is 3.39. The van der Waals surface area contributed by atoms with Gasteiger partial charge >= 0.3 is 0 Å². The Morgan fingerprint density at radius 2 is 1.21 bits per heavy atom. The van der Waals surface area contributed by atoms with E-state index in [0.29, 0.717) is 0 Å². The topological polar surface area (TPSA) is 0 Å². The van der Waals surface area contributed by atoms with Gasteiger partial charge in [-0.1, -0.05) is 127 Å². The van der Waals surface area contributed by atoms with Gasteiger partial charge in [-0.25, -0.2) is 0 Å². The van der Waals surface area contributed by atoms with Gasteiger partial charge in [-0.2, -0.15) is 0 Å². The molecule has 0 radical (unpaired) electrons. The van der Waals surface area contributed by atoms with Crippen LogP contribution in [0.3, 0.4) is 0 Å². The molecule has 0 heteroatoms. The highest BCUT2D eigenvalue weighted by Gasteiger charge is 2.45. The summed E-state index contributed by atoms with van der Waals surface area (Å²) in [5, 5.41) is 0. The molecule has 0 saturated heterocycles. The molecule has 1 aliphatic rings. The van der Waals surface area contributed by atoms with Crippen LogP contribution in [0.1, 0.15) is 41.7 Å². The first-order valence-corrected chi connectivity index (χ1v) is 11.6. The normalized spacial score (nSPS) is 14.5. The fourth-order valence-electron chi connectivity index (χ4n) is 5.25. The molecule has 0 bridgehead atoms. The SMILES string of the molecule is C\C=C/C=C\C(=C\C)c1ccc2c(c1)C(c1ccccc1)(c1ccccc1)c1ccccc1-2. The van der Waals surface area contributed by atoms with Crippen molar-refractivity contribution in [1.82, 2.24) is 0 Å². The van der Waals surface area contributed by atoms with Gasteiger partial charge < -0.3 is 0 Å². The van der Waals surface area contributed by atoms with Crippen molar-refractivity contribution in [3.8, 4) is 11.1 Å². The highest BCUT2D eigenvalue weighted by Crippen LogP contribution is 2.56. The van der Waals surface area contributed by atoms with E-state index in [-0.39, 0.29) is 5.41 Å². The molecule has 0 saturated carbocycles. The quantitative estimate of drug-likeness (QED) is 0.248. The Morgan fingerprint density at radius 1 is 0.606 bits per heavy atom. The lowest BCUT2D eigenvalue weighted by Gasteiger charge is -2.34. The van der Waals surface area contributed by atoms with Gasteiger partial charge in [0.2, 0.25) is 0 Å². The van der Waals surface area contributed by atoms with Crippen LogP contribution in [0.25, 0.3) is 16.7 Å². The third-order valence-corrected chi connectivity index (χ3v) is 6.68. The molecular formula is C33H28. The minimum Gasteiger partial charge on any atom is -0.0877 e. The van der Waals surface area contributed by atoms with Crippen LogP contribution in [0.15, 0.2) is 134 Å². The van der Waals surface area contributed by atoms with Crippen molar-refractivity contribution in [3.05, 3.63) is 161 Å². The lowest BCUT2D eigenvalue weighted by molar-refractivity contribution is 0.768. The van der Waals surface area contributed by atoms with Crippen LogP contribution in [0.4, 0.5) is 0 Å². The summed E-state index contributed by atoms with van der Waals surface area (Å²) in [5.41, 5.74) is 10.0. The molecule has 0 heterocycles. The molecule has 4 aromatic rings. The minimum atomic E-state index is -0.351. The maximum Gasteiger partial charge on any atom is 0.0713 e. The van der Waals surface area contributed by atoms with E-state index < -0.39 is 0 Å². The Hall–Kier alpha value is -3.90. The van der Waals surface area contributed by atoms with Crippen molar-refractivity contribution in [2.45, 2.75) is 19.3 Å². The summed E-state index contributed by atoms with van der Waals surface area (Å²) in [4.78, 5) is 0. The molecule has 0 unspecified atom stereocenters. The molecule has 0 spiro atoms. The number of hydrogen-bond acceptors (Lipinski definition) is 0. The van der Waals surface area contributed by atoms with E-state index in [1.54, 1.807) is 0 Å². The highest BCUT2D eigenvalue weighted by molar-refractivity contribution is 5.88. The first kappa shape index (κ1) is 21.0. The molecular weight excluding hydrogens is 396 g/mol. The Balaban J connectivity index is 1.85. The van der Waals surface area contributed by atoms with Crippen molar-refractivity contribution >= 4 is 5.57 Å². The monoisotopic (exact) mass is 424 g/mol. The van der Waals surface area contributed by atoms with Crippen LogP contribution in [-0.4, -0.2) is 0 Å². The first-order chi connectivity index (χ1) is 16.3. The summed E-state index contributed by atoms with van der Waals surface area (Å²) >= 11 is 0. The Labute approximate surface area is 197 Å². The Kier molecular flexibility index (Phi) is 5.67. The van der Waals surface area contributed by atoms with Crippen LogP contribution in [0.5, 0.6) is 0 Å². The van der Waals surface area contributed by atoms with Crippen LogP contribution in [0.2, 0.25) is 0 Å². The van der Waals surface area contributed by atoms with Crippen molar-refractivity contribution in [2.75, 3.05) is 0 Å². The summed E-state index contributed by atoms with van der Waals surface area (Å²) in [5.74, 6) is 0. The van der Waals surface area contributed by atoms with Gasteiger partial charge in [0.1, 0.15) is 0 Å². The van der Waals surface area contributed by atoms with E-state index in [4.69, 9.17) is 0 Å². The third-order valence-electron chi connectivity index (χ3n) is 6.68. The molecule has 0 atom stereocenters. The standard InChI is InChI=1S/C33H28/c1-3-5-8-15-25(4-2)26-22-23-30-29-20-13-14-21-31(29)33(32(30)24-26,27-16-9-6-10-17-27)28-18-11-7-12-19-28/h3-24H,1-2H3/b5-3-,15-8-,25-4-. The van der Waals surface area contributed by atoms with E-state index in [9.17, 15) is 0 Å². The molecule has 0 aromatic heterocycles. The maximum atomic E-state index is 2.41. The number of fused-ring (bicyclic) bond motifs is 3. The molecule has 0 amide bonds. The molecule has 0 nitrogen and oxygen atoms in total. The second-order valence-corrected chi connectivity index (χ2v) is 8.42. The van der Waals surface area contributed by atoms with E-state index in [1.807, 2.05) is 6.92 Å². The smallest absolute Gasteiger partial charge is 0.0713 e. The zero-order valence-corrected chi connectivity index (χ0v) is 19.2. The molecule has 0 N–H and O–H groups in total. The molecule has 1 aliphatic carbocycles. The van der Waals surface area contributed by atoms with Gasteiger partial charge in [0.05, 0.1) is 5.41 Å². The van der Waals surface area contributed by atoms with E-state index >= 15 is 0 Å². The molecule has 33 heavy (non-hydrogen) atoms.